The Morgan fingerprint density at radius 3 is 2.65 bits per heavy atom. The summed E-state index contributed by atoms with van der Waals surface area (Å²) in [5, 5.41) is 14.3. The molecule has 0 aliphatic heterocycles. The van der Waals surface area contributed by atoms with E-state index < -0.39 is 11.6 Å². The van der Waals surface area contributed by atoms with E-state index in [1.807, 2.05) is 0 Å². The first-order chi connectivity index (χ1) is 11.0. The number of halogens is 2. The molecule has 3 N–H and O–H groups in total. The Morgan fingerprint density at radius 1 is 1.17 bits per heavy atom. The van der Waals surface area contributed by atoms with E-state index in [0.29, 0.717) is 16.8 Å². The Kier molecular flexibility index (Phi) is 5.65. The van der Waals surface area contributed by atoms with Crippen LogP contribution in [0.15, 0.2) is 36.4 Å². The van der Waals surface area contributed by atoms with Crippen LogP contribution in [-0.4, -0.2) is 24.2 Å². The zero-order valence-corrected chi connectivity index (χ0v) is 12.7. The summed E-state index contributed by atoms with van der Waals surface area (Å²) in [6, 6.07) is 9.13. The predicted molar refractivity (Wildman–Crippen MR) is 84.3 cm³/mol. The highest BCUT2D eigenvalue weighted by Crippen LogP contribution is 2.20. The number of hydrogen-bond donors (Lipinski definition) is 3. The maximum absolute atomic E-state index is 13.6. The standard InChI is InChI=1S/C17H18F2N2O2/c1-11-13(17(23)20-8-9-22)5-3-7-15(11)21-10-12-4-2-6-14(18)16(12)19/h2-7,21-22H,8-10H2,1H3,(H,20,23). The van der Waals surface area contributed by atoms with Gasteiger partial charge in [-0.3, -0.25) is 4.79 Å². The Morgan fingerprint density at radius 2 is 1.91 bits per heavy atom. The van der Waals surface area contributed by atoms with Crippen LogP contribution in [0.25, 0.3) is 0 Å². The van der Waals surface area contributed by atoms with Gasteiger partial charge < -0.3 is 15.7 Å². The van der Waals surface area contributed by atoms with Crippen LogP contribution in [-0.2, 0) is 6.54 Å². The summed E-state index contributed by atoms with van der Waals surface area (Å²) in [4.78, 5) is 12.0. The SMILES string of the molecule is Cc1c(NCc2cccc(F)c2F)cccc1C(=O)NCCO. The lowest BCUT2D eigenvalue weighted by atomic mass is 10.1. The molecule has 0 saturated heterocycles. The highest BCUT2D eigenvalue weighted by molar-refractivity contribution is 5.97. The molecule has 4 nitrogen and oxygen atoms in total. The number of anilines is 1. The molecule has 23 heavy (non-hydrogen) atoms. The molecule has 2 rings (SSSR count). The molecule has 0 atom stereocenters. The third kappa shape index (κ3) is 4.04. The average molecular weight is 320 g/mol. The second-order valence-electron chi connectivity index (χ2n) is 5.02. The van der Waals surface area contributed by atoms with Gasteiger partial charge in [0.15, 0.2) is 11.6 Å². The van der Waals surface area contributed by atoms with E-state index in [4.69, 9.17) is 5.11 Å². The number of nitrogens with one attached hydrogen (secondary N) is 2. The van der Waals surface area contributed by atoms with Gasteiger partial charge in [0.1, 0.15) is 0 Å². The van der Waals surface area contributed by atoms with Crippen molar-refractivity contribution in [1.82, 2.24) is 5.32 Å². The molecule has 0 spiro atoms. The molecule has 2 aromatic rings. The van der Waals surface area contributed by atoms with Gasteiger partial charge in [-0.1, -0.05) is 18.2 Å². The van der Waals surface area contributed by atoms with E-state index >= 15 is 0 Å². The van der Waals surface area contributed by atoms with Crippen molar-refractivity contribution in [2.24, 2.45) is 0 Å². The number of rotatable bonds is 6. The van der Waals surface area contributed by atoms with Crippen LogP contribution in [0, 0.1) is 18.6 Å². The first-order valence-electron chi connectivity index (χ1n) is 7.20. The Bertz CT molecular complexity index is 705. The van der Waals surface area contributed by atoms with Gasteiger partial charge in [-0.2, -0.15) is 0 Å². The minimum atomic E-state index is -0.891. The fourth-order valence-corrected chi connectivity index (χ4v) is 2.21. The lowest BCUT2D eigenvalue weighted by Crippen LogP contribution is -2.27. The van der Waals surface area contributed by atoms with Gasteiger partial charge in [-0.05, 0) is 30.7 Å². The van der Waals surface area contributed by atoms with Crippen molar-refractivity contribution in [3.8, 4) is 0 Å². The topological polar surface area (TPSA) is 61.4 Å². The molecule has 0 fully saturated rings. The normalized spacial score (nSPS) is 10.4. The van der Waals surface area contributed by atoms with Crippen LogP contribution in [0.1, 0.15) is 21.5 Å². The minimum absolute atomic E-state index is 0.103. The largest absolute Gasteiger partial charge is 0.395 e. The van der Waals surface area contributed by atoms with E-state index in [1.165, 1.54) is 12.1 Å². The molecule has 0 aliphatic rings. The molecule has 0 aromatic heterocycles. The fourth-order valence-electron chi connectivity index (χ4n) is 2.21. The second-order valence-corrected chi connectivity index (χ2v) is 5.02. The summed E-state index contributed by atoms with van der Waals surface area (Å²) in [5.74, 6) is -2.07. The Labute approximate surface area is 133 Å². The maximum Gasteiger partial charge on any atom is 0.251 e. The van der Waals surface area contributed by atoms with Crippen molar-refractivity contribution in [2.75, 3.05) is 18.5 Å². The molecule has 0 unspecified atom stereocenters. The molecule has 0 aliphatic carbocycles. The number of aliphatic hydroxyl groups excluding tert-OH is 1. The first kappa shape index (κ1) is 16.9. The highest BCUT2D eigenvalue weighted by Gasteiger charge is 2.12. The Hall–Kier alpha value is -2.47. The van der Waals surface area contributed by atoms with Gasteiger partial charge in [-0.15, -0.1) is 0 Å². The van der Waals surface area contributed by atoms with E-state index in [2.05, 4.69) is 10.6 Å². The molecule has 0 saturated carbocycles. The van der Waals surface area contributed by atoms with Gasteiger partial charge in [0.05, 0.1) is 6.61 Å². The molecule has 1 amide bonds. The molecule has 2 aromatic carbocycles. The number of aliphatic hydroxyl groups is 1. The highest BCUT2D eigenvalue weighted by atomic mass is 19.2. The van der Waals surface area contributed by atoms with Crippen molar-refractivity contribution in [3.63, 3.8) is 0 Å². The smallest absolute Gasteiger partial charge is 0.251 e. The lowest BCUT2D eigenvalue weighted by molar-refractivity contribution is 0.0944. The summed E-state index contributed by atoms with van der Waals surface area (Å²) < 4.78 is 26.8. The number of carbonyl (C=O) groups is 1. The summed E-state index contributed by atoms with van der Waals surface area (Å²) in [5.41, 5.74) is 2.02. The zero-order chi connectivity index (χ0) is 16.8. The van der Waals surface area contributed by atoms with Gasteiger partial charge in [0, 0.05) is 29.9 Å². The summed E-state index contributed by atoms with van der Waals surface area (Å²) >= 11 is 0. The molecule has 0 radical (unpaired) electrons. The van der Waals surface area contributed by atoms with Crippen LogP contribution >= 0.6 is 0 Å². The van der Waals surface area contributed by atoms with Gasteiger partial charge in [-0.25, -0.2) is 8.78 Å². The van der Waals surface area contributed by atoms with E-state index in [0.717, 1.165) is 6.07 Å². The molecule has 6 heteroatoms. The molecule has 0 bridgehead atoms. The second kappa shape index (κ2) is 7.69. The van der Waals surface area contributed by atoms with Crippen LogP contribution < -0.4 is 10.6 Å². The lowest BCUT2D eigenvalue weighted by Gasteiger charge is -2.13. The predicted octanol–water partition coefficient (Wildman–Crippen LogP) is 2.61. The van der Waals surface area contributed by atoms with E-state index in [9.17, 15) is 13.6 Å². The van der Waals surface area contributed by atoms with Crippen LogP contribution in [0.4, 0.5) is 14.5 Å². The van der Waals surface area contributed by atoms with Crippen molar-refractivity contribution >= 4 is 11.6 Å². The molecular weight excluding hydrogens is 302 g/mol. The summed E-state index contributed by atoms with van der Waals surface area (Å²) in [6.07, 6.45) is 0. The molecule has 0 heterocycles. The van der Waals surface area contributed by atoms with Crippen molar-refractivity contribution in [2.45, 2.75) is 13.5 Å². The van der Waals surface area contributed by atoms with Crippen molar-refractivity contribution in [1.29, 1.82) is 0 Å². The maximum atomic E-state index is 13.6. The van der Waals surface area contributed by atoms with Gasteiger partial charge >= 0.3 is 0 Å². The number of amides is 1. The van der Waals surface area contributed by atoms with E-state index in [-0.39, 0.29) is 31.2 Å². The minimum Gasteiger partial charge on any atom is -0.395 e. The Balaban J connectivity index is 2.14. The third-order valence-corrected chi connectivity index (χ3v) is 3.48. The van der Waals surface area contributed by atoms with Gasteiger partial charge in [0.2, 0.25) is 0 Å². The quantitative estimate of drug-likeness (QED) is 0.767. The average Bonchev–Trinajstić information content (AvgIpc) is 2.55. The summed E-state index contributed by atoms with van der Waals surface area (Å²) in [7, 11) is 0. The van der Waals surface area contributed by atoms with Crippen molar-refractivity contribution in [3.05, 3.63) is 64.7 Å². The van der Waals surface area contributed by atoms with E-state index in [1.54, 1.807) is 25.1 Å². The summed E-state index contributed by atoms with van der Waals surface area (Å²) in [6.45, 7) is 1.90. The van der Waals surface area contributed by atoms with Crippen LogP contribution in [0.2, 0.25) is 0 Å². The van der Waals surface area contributed by atoms with Gasteiger partial charge in [0.25, 0.3) is 5.91 Å². The van der Waals surface area contributed by atoms with Crippen molar-refractivity contribution < 1.29 is 18.7 Å². The zero-order valence-electron chi connectivity index (χ0n) is 12.7. The molecule has 122 valence electrons. The number of benzene rings is 2. The fraction of sp³-hybridized carbons (Fsp3) is 0.235. The number of carbonyl (C=O) groups excluding carboxylic acids is 1. The van der Waals surface area contributed by atoms with Crippen LogP contribution in [0.3, 0.4) is 0 Å². The third-order valence-electron chi connectivity index (χ3n) is 3.48. The monoisotopic (exact) mass is 320 g/mol. The molecular formula is C17H18F2N2O2. The van der Waals surface area contributed by atoms with Crippen LogP contribution in [0.5, 0.6) is 0 Å². The number of hydrogen-bond acceptors (Lipinski definition) is 3. The first-order valence-corrected chi connectivity index (χ1v) is 7.20.